The van der Waals surface area contributed by atoms with E-state index >= 15 is 0 Å². The van der Waals surface area contributed by atoms with E-state index in [4.69, 9.17) is 0 Å². The predicted molar refractivity (Wildman–Crippen MR) is 107 cm³/mol. The fraction of sp³-hybridized carbons (Fsp3) is 0.917. The van der Waals surface area contributed by atoms with Gasteiger partial charge < -0.3 is 20.4 Å². The molecule has 4 N–H and O–H groups in total. The molecule has 5 rings (SSSR count). The van der Waals surface area contributed by atoms with E-state index in [9.17, 15) is 20.4 Å². The highest BCUT2D eigenvalue weighted by Gasteiger charge is 2.67. The molecule has 11 atom stereocenters. The Bertz CT molecular complexity index is 688. The van der Waals surface area contributed by atoms with Crippen molar-refractivity contribution in [3.05, 3.63) is 11.3 Å². The van der Waals surface area contributed by atoms with E-state index in [-0.39, 0.29) is 46.9 Å². The molecule has 0 aromatic carbocycles. The fourth-order valence-electron chi connectivity index (χ4n) is 9.02. The van der Waals surface area contributed by atoms with Gasteiger partial charge in [0.25, 0.3) is 0 Å². The average Bonchev–Trinajstić information content (AvgIpc) is 2.97. The highest BCUT2D eigenvalue weighted by Crippen LogP contribution is 2.70. The third-order valence-electron chi connectivity index (χ3n) is 10.5. The summed E-state index contributed by atoms with van der Waals surface area (Å²) in [5.74, 6) is 2.37. The van der Waals surface area contributed by atoms with Gasteiger partial charge in [-0.15, -0.1) is 0 Å². The third-order valence-corrected chi connectivity index (χ3v) is 10.5. The zero-order valence-corrected chi connectivity index (χ0v) is 17.6. The molecule has 0 aliphatic heterocycles. The van der Waals surface area contributed by atoms with Gasteiger partial charge in [-0.2, -0.15) is 0 Å². The minimum absolute atomic E-state index is 0.0985. The zero-order valence-electron chi connectivity index (χ0n) is 17.6. The number of fused-ring (bicyclic) bond motifs is 7. The predicted octanol–water partition coefficient (Wildman–Crippen LogP) is 3.80. The van der Waals surface area contributed by atoms with Gasteiger partial charge in [0.15, 0.2) is 0 Å². The molecule has 5 aliphatic carbocycles. The standard InChI is InChI=1S/C24H38O4/c1-12-4-5-18(26)15-10-17-21-16(11-20(28)24(17,3)22(12)15)23(2)7-6-14(25)8-13(23)9-19(21)27/h12-14,16-17,19-22,25-28H,4-11H2,1-3H3/t12?,13?,14-,16?,17?,19-,20+,21?,22?,23+,24-/m1/s1. The highest BCUT2D eigenvalue weighted by atomic mass is 16.3. The summed E-state index contributed by atoms with van der Waals surface area (Å²) in [4.78, 5) is 0. The van der Waals surface area contributed by atoms with Crippen LogP contribution in [-0.2, 0) is 0 Å². The minimum atomic E-state index is -0.385. The number of allylic oxidation sites excluding steroid dienone is 2. The van der Waals surface area contributed by atoms with Crippen LogP contribution >= 0.6 is 0 Å². The maximum atomic E-state index is 11.5. The summed E-state index contributed by atoms with van der Waals surface area (Å²) in [5.41, 5.74) is 1.04. The fourth-order valence-corrected chi connectivity index (χ4v) is 9.02. The van der Waals surface area contributed by atoms with Gasteiger partial charge in [0.2, 0.25) is 0 Å². The number of hydrogen-bond donors (Lipinski definition) is 4. The summed E-state index contributed by atoms with van der Waals surface area (Å²) >= 11 is 0. The van der Waals surface area contributed by atoms with Gasteiger partial charge in [-0.1, -0.05) is 20.8 Å². The van der Waals surface area contributed by atoms with Crippen LogP contribution in [0.15, 0.2) is 11.3 Å². The van der Waals surface area contributed by atoms with E-state index in [1.165, 1.54) is 5.57 Å². The van der Waals surface area contributed by atoms with Crippen LogP contribution in [0.5, 0.6) is 0 Å². The lowest BCUT2D eigenvalue weighted by atomic mass is 9.43. The summed E-state index contributed by atoms with van der Waals surface area (Å²) in [6.45, 7) is 6.89. The molecule has 4 heteroatoms. The van der Waals surface area contributed by atoms with Crippen molar-refractivity contribution in [3.8, 4) is 0 Å². The zero-order chi connectivity index (χ0) is 20.0. The van der Waals surface area contributed by atoms with Crippen molar-refractivity contribution in [2.24, 2.45) is 46.3 Å². The first-order chi connectivity index (χ1) is 13.2. The third kappa shape index (κ3) is 2.34. The Morgan fingerprint density at radius 3 is 2.46 bits per heavy atom. The maximum Gasteiger partial charge on any atom is 0.0917 e. The molecule has 5 aliphatic rings. The molecule has 4 saturated carbocycles. The Morgan fingerprint density at radius 2 is 1.71 bits per heavy atom. The Balaban J connectivity index is 1.57. The molecular weight excluding hydrogens is 352 g/mol. The molecular formula is C24H38O4. The van der Waals surface area contributed by atoms with Crippen LogP contribution in [0.1, 0.15) is 72.1 Å². The van der Waals surface area contributed by atoms with Crippen LogP contribution in [0.25, 0.3) is 0 Å². The molecule has 28 heavy (non-hydrogen) atoms. The molecule has 0 aromatic rings. The van der Waals surface area contributed by atoms with Crippen molar-refractivity contribution in [3.63, 3.8) is 0 Å². The first-order valence-corrected chi connectivity index (χ1v) is 11.6. The first-order valence-electron chi connectivity index (χ1n) is 11.6. The van der Waals surface area contributed by atoms with Crippen molar-refractivity contribution < 1.29 is 20.4 Å². The molecule has 0 radical (unpaired) electrons. The van der Waals surface area contributed by atoms with Gasteiger partial charge in [0.1, 0.15) is 0 Å². The molecule has 0 saturated heterocycles. The first kappa shape index (κ1) is 19.4. The van der Waals surface area contributed by atoms with E-state index in [2.05, 4.69) is 20.8 Å². The van der Waals surface area contributed by atoms with Crippen LogP contribution in [0.3, 0.4) is 0 Å². The summed E-state index contributed by atoms with van der Waals surface area (Å²) in [5, 5.41) is 43.7. The van der Waals surface area contributed by atoms with Gasteiger partial charge >= 0.3 is 0 Å². The number of hydrogen-bond acceptors (Lipinski definition) is 4. The van der Waals surface area contributed by atoms with Crippen molar-refractivity contribution in [2.75, 3.05) is 0 Å². The number of aliphatic hydroxyl groups excluding tert-OH is 4. The Kier molecular flexibility index (Phi) is 4.30. The van der Waals surface area contributed by atoms with Crippen LogP contribution < -0.4 is 0 Å². The summed E-state index contributed by atoms with van der Waals surface area (Å²) in [7, 11) is 0. The largest absolute Gasteiger partial charge is 0.512 e. The van der Waals surface area contributed by atoms with Gasteiger partial charge in [-0.3, -0.25) is 0 Å². The second-order valence-electron chi connectivity index (χ2n) is 11.5. The molecule has 6 unspecified atom stereocenters. The molecule has 0 amide bonds. The molecule has 0 aromatic heterocycles. The SMILES string of the molecule is CC1CCC(O)=C2CC3C4C(C[C@H](O)[C@]3(C)C21)[C@@]1(C)CC[C@@H](O)CC1C[C@H]4O. The maximum absolute atomic E-state index is 11.5. The van der Waals surface area contributed by atoms with Gasteiger partial charge in [0.05, 0.1) is 24.1 Å². The normalized spacial score (nSPS) is 58.6. The van der Waals surface area contributed by atoms with Crippen LogP contribution in [0, 0.1) is 46.3 Å². The van der Waals surface area contributed by atoms with E-state index < -0.39 is 0 Å². The molecule has 0 bridgehead atoms. The smallest absolute Gasteiger partial charge is 0.0917 e. The topological polar surface area (TPSA) is 80.9 Å². The Morgan fingerprint density at radius 1 is 0.964 bits per heavy atom. The van der Waals surface area contributed by atoms with Gasteiger partial charge in [-0.25, -0.2) is 0 Å². The van der Waals surface area contributed by atoms with Gasteiger partial charge in [-0.05, 0) is 91.4 Å². The van der Waals surface area contributed by atoms with Crippen molar-refractivity contribution in [1.82, 2.24) is 0 Å². The lowest BCUT2D eigenvalue weighted by Gasteiger charge is -2.63. The van der Waals surface area contributed by atoms with Crippen molar-refractivity contribution in [2.45, 2.75) is 90.4 Å². The summed E-state index contributed by atoms with van der Waals surface area (Å²) < 4.78 is 0. The van der Waals surface area contributed by atoms with E-state index in [0.29, 0.717) is 23.5 Å². The number of aliphatic hydroxyl groups is 4. The van der Waals surface area contributed by atoms with E-state index in [1.54, 1.807) is 0 Å². The van der Waals surface area contributed by atoms with E-state index in [1.807, 2.05) is 0 Å². The molecule has 4 nitrogen and oxygen atoms in total. The van der Waals surface area contributed by atoms with Crippen LogP contribution in [-0.4, -0.2) is 38.7 Å². The Hall–Kier alpha value is -0.580. The second kappa shape index (κ2) is 6.21. The lowest BCUT2D eigenvalue weighted by molar-refractivity contribution is -0.206. The molecule has 0 spiro atoms. The minimum Gasteiger partial charge on any atom is -0.512 e. The highest BCUT2D eigenvalue weighted by molar-refractivity contribution is 5.30. The average molecular weight is 391 g/mol. The number of rotatable bonds is 0. The Labute approximate surface area is 169 Å². The van der Waals surface area contributed by atoms with Crippen molar-refractivity contribution >= 4 is 0 Å². The summed E-state index contributed by atoms with van der Waals surface area (Å²) in [6, 6.07) is 0. The van der Waals surface area contributed by atoms with Crippen molar-refractivity contribution in [1.29, 1.82) is 0 Å². The quantitative estimate of drug-likeness (QED) is 0.507. The summed E-state index contributed by atoms with van der Waals surface area (Å²) in [6.07, 6.45) is 5.79. The van der Waals surface area contributed by atoms with Gasteiger partial charge in [0, 0.05) is 11.8 Å². The monoisotopic (exact) mass is 390 g/mol. The van der Waals surface area contributed by atoms with E-state index in [0.717, 1.165) is 51.4 Å². The molecule has 4 fully saturated rings. The second-order valence-corrected chi connectivity index (χ2v) is 11.5. The van der Waals surface area contributed by atoms with Crippen LogP contribution in [0.4, 0.5) is 0 Å². The molecule has 158 valence electrons. The molecule has 0 heterocycles. The lowest BCUT2D eigenvalue weighted by Crippen LogP contribution is -2.62. The van der Waals surface area contributed by atoms with Crippen LogP contribution in [0.2, 0.25) is 0 Å².